The molecular weight excluding hydrogens is 163 g/mol. The Morgan fingerprint density at radius 1 is 1.00 bits per heavy atom. The predicted octanol–water partition coefficient (Wildman–Crippen LogP) is 4.19. The van der Waals surface area contributed by atoms with Gasteiger partial charge in [0.05, 0.1) is 0 Å². The van der Waals surface area contributed by atoms with Crippen LogP contribution < -0.4 is 0 Å². The first-order chi connectivity index (χ1) is 5.93. The summed E-state index contributed by atoms with van der Waals surface area (Å²) < 4.78 is 0. The van der Waals surface area contributed by atoms with Crippen molar-refractivity contribution in [3.63, 3.8) is 0 Å². The van der Waals surface area contributed by atoms with Crippen molar-refractivity contribution in [2.75, 3.05) is 6.16 Å². The van der Waals surface area contributed by atoms with Gasteiger partial charge in [0.2, 0.25) is 0 Å². The molecule has 0 N–H and O–H groups in total. The minimum Gasteiger partial charge on any atom is -0.119 e. The van der Waals surface area contributed by atoms with E-state index < -0.39 is 0 Å². The zero-order valence-electron chi connectivity index (χ0n) is 8.44. The van der Waals surface area contributed by atoms with Crippen molar-refractivity contribution in [2.45, 2.75) is 63.9 Å². The van der Waals surface area contributed by atoms with Crippen LogP contribution in [0.25, 0.3) is 0 Å². The molecule has 0 aromatic rings. The lowest BCUT2D eigenvalue weighted by atomic mass is 10.0. The highest BCUT2D eigenvalue weighted by atomic mass is 31.1. The Balaban J connectivity index is 2.11. The zero-order valence-corrected chi connectivity index (χ0v) is 9.44. The number of rotatable bonds is 3. The molecule has 1 heteroatoms. The second-order valence-electron chi connectivity index (χ2n) is 4.00. The van der Waals surface area contributed by atoms with E-state index in [1.54, 1.807) is 12.8 Å². The molecule has 0 bridgehead atoms. The van der Waals surface area contributed by atoms with E-state index in [0.717, 1.165) is 5.66 Å². The van der Waals surface area contributed by atoms with Gasteiger partial charge in [-0.1, -0.05) is 45.4 Å². The number of hydrogen-bond donors (Lipinski definition) is 0. The maximum Gasteiger partial charge on any atom is -0.0237 e. The second-order valence-corrected chi connectivity index (χ2v) is 5.72. The second kappa shape index (κ2) is 6.89. The summed E-state index contributed by atoms with van der Waals surface area (Å²) in [5.41, 5.74) is 1.12. The fraction of sp³-hybridized carbons (Fsp3) is 1.00. The van der Waals surface area contributed by atoms with E-state index in [4.69, 9.17) is 0 Å². The molecule has 1 rings (SSSR count). The number of hydrogen-bond acceptors (Lipinski definition) is 0. The summed E-state index contributed by atoms with van der Waals surface area (Å²) in [6, 6.07) is 0. The molecule has 1 aliphatic rings. The molecule has 0 nitrogen and oxygen atoms in total. The van der Waals surface area contributed by atoms with E-state index >= 15 is 0 Å². The molecular formula is C11H23P. The molecule has 1 saturated carbocycles. The molecule has 1 aliphatic carbocycles. The Kier molecular flexibility index (Phi) is 6.04. The molecule has 72 valence electrons. The van der Waals surface area contributed by atoms with Crippen LogP contribution in [0.15, 0.2) is 0 Å². The van der Waals surface area contributed by atoms with Gasteiger partial charge in [-0.15, -0.1) is 8.58 Å². The SMILES string of the molecule is CCCPC1CCCCCCC1. The third kappa shape index (κ3) is 4.45. The van der Waals surface area contributed by atoms with Crippen molar-refractivity contribution < 1.29 is 0 Å². The van der Waals surface area contributed by atoms with Crippen LogP contribution in [0, 0.1) is 0 Å². The van der Waals surface area contributed by atoms with Gasteiger partial charge in [0, 0.05) is 0 Å². The molecule has 1 atom stereocenters. The molecule has 0 aromatic heterocycles. The van der Waals surface area contributed by atoms with Crippen molar-refractivity contribution in [2.24, 2.45) is 0 Å². The van der Waals surface area contributed by atoms with Crippen molar-refractivity contribution in [1.29, 1.82) is 0 Å². The summed E-state index contributed by atoms with van der Waals surface area (Å²) in [7, 11) is 1.27. The highest BCUT2D eigenvalue weighted by molar-refractivity contribution is 7.38. The van der Waals surface area contributed by atoms with Gasteiger partial charge in [0.15, 0.2) is 0 Å². The minimum atomic E-state index is 1.12. The quantitative estimate of drug-likeness (QED) is 0.580. The topological polar surface area (TPSA) is 0 Å². The van der Waals surface area contributed by atoms with E-state index in [2.05, 4.69) is 6.92 Å². The summed E-state index contributed by atoms with van der Waals surface area (Å²) in [5.74, 6) is 0. The van der Waals surface area contributed by atoms with Crippen LogP contribution in [0.1, 0.15) is 58.3 Å². The molecule has 1 fully saturated rings. The van der Waals surface area contributed by atoms with Crippen LogP contribution in [0.4, 0.5) is 0 Å². The minimum absolute atomic E-state index is 1.12. The molecule has 0 spiro atoms. The standard InChI is InChI=1S/C11H23P/c1-2-10-12-11-8-6-4-3-5-7-9-11/h11-12H,2-10H2,1H3. The zero-order chi connectivity index (χ0) is 8.65. The van der Waals surface area contributed by atoms with Crippen molar-refractivity contribution in [3.05, 3.63) is 0 Å². The van der Waals surface area contributed by atoms with Gasteiger partial charge in [0.1, 0.15) is 0 Å². The van der Waals surface area contributed by atoms with Crippen molar-refractivity contribution >= 4 is 8.58 Å². The fourth-order valence-electron chi connectivity index (χ4n) is 2.01. The van der Waals surface area contributed by atoms with Gasteiger partial charge in [0.25, 0.3) is 0 Å². The normalized spacial score (nSPS) is 22.8. The highest BCUT2D eigenvalue weighted by Gasteiger charge is 2.09. The third-order valence-electron chi connectivity index (χ3n) is 2.79. The smallest absolute Gasteiger partial charge is 0.0237 e. The molecule has 1 unspecified atom stereocenters. The molecule has 0 radical (unpaired) electrons. The first-order valence-corrected chi connectivity index (χ1v) is 6.95. The Morgan fingerprint density at radius 2 is 1.58 bits per heavy atom. The lowest BCUT2D eigenvalue weighted by Gasteiger charge is -2.19. The highest BCUT2D eigenvalue weighted by Crippen LogP contribution is 2.31. The van der Waals surface area contributed by atoms with Crippen LogP contribution in [-0.2, 0) is 0 Å². The van der Waals surface area contributed by atoms with Gasteiger partial charge < -0.3 is 0 Å². The monoisotopic (exact) mass is 186 g/mol. The van der Waals surface area contributed by atoms with Crippen LogP contribution in [0.3, 0.4) is 0 Å². The van der Waals surface area contributed by atoms with Crippen molar-refractivity contribution in [1.82, 2.24) is 0 Å². The average Bonchev–Trinajstić information content (AvgIpc) is 2.02. The Bertz CT molecular complexity index is 90.4. The largest absolute Gasteiger partial charge is 0.119 e. The summed E-state index contributed by atoms with van der Waals surface area (Å²) in [4.78, 5) is 0. The maximum atomic E-state index is 2.32. The van der Waals surface area contributed by atoms with E-state index in [1.165, 1.54) is 53.3 Å². The Morgan fingerprint density at radius 3 is 2.17 bits per heavy atom. The molecule has 0 aromatic carbocycles. The molecule has 0 heterocycles. The summed E-state index contributed by atoms with van der Waals surface area (Å²) >= 11 is 0. The van der Waals surface area contributed by atoms with Gasteiger partial charge >= 0.3 is 0 Å². The van der Waals surface area contributed by atoms with Crippen LogP contribution >= 0.6 is 8.58 Å². The van der Waals surface area contributed by atoms with Gasteiger partial charge in [-0.05, 0) is 24.7 Å². The molecule has 0 amide bonds. The molecule has 0 saturated heterocycles. The summed E-state index contributed by atoms with van der Waals surface area (Å²) in [6.07, 6.45) is 13.5. The first kappa shape index (κ1) is 10.5. The van der Waals surface area contributed by atoms with Crippen LogP contribution in [0.5, 0.6) is 0 Å². The molecule has 12 heavy (non-hydrogen) atoms. The fourth-order valence-corrected chi connectivity index (χ4v) is 3.52. The van der Waals surface area contributed by atoms with Gasteiger partial charge in [-0.2, -0.15) is 0 Å². The van der Waals surface area contributed by atoms with E-state index in [9.17, 15) is 0 Å². The first-order valence-electron chi connectivity index (χ1n) is 5.67. The van der Waals surface area contributed by atoms with E-state index in [-0.39, 0.29) is 0 Å². The third-order valence-corrected chi connectivity index (χ3v) is 4.73. The maximum absolute atomic E-state index is 2.32. The van der Waals surface area contributed by atoms with Gasteiger partial charge in [-0.25, -0.2) is 0 Å². The summed E-state index contributed by atoms with van der Waals surface area (Å²) in [6.45, 7) is 2.32. The van der Waals surface area contributed by atoms with Crippen LogP contribution in [-0.4, -0.2) is 11.8 Å². The Labute approximate surface area is 79.3 Å². The molecule has 0 aliphatic heterocycles. The van der Waals surface area contributed by atoms with E-state index in [0.29, 0.717) is 0 Å². The van der Waals surface area contributed by atoms with Gasteiger partial charge in [-0.3, -0.25) is 0 Å². The summed E-state index contributed by atoms with van der Waals surface area (Å²) in [5, 5.41) is 0. The predicted molar refractivity (Wildman–Crippen MR) is 59.6 cm³/mol. The Hall–Kier alpha value is 0.430. The lowest BCUT2D eigenvalue weighted by molar-refractivity contribution is 0.511. The van der Waals surface area contributed by atoms with Crippen LogP contribution in [0.2, 0.25) is 0 Å². The van der Waals surface area contributed by atoms with E-state index in [1.807, 2.05) is 0 Å². The average molecular weight is 186 g/mol. The lowest BCUT2D eigenvalue weighted by Crippen LogP contribution is -2.04. The van der Waals surface area contributed by atoms with Crippen molar-refractivity contribution in [3.8, 4) is 0 Å².